The number of ether oxygens (including phenoxy) is 3. The Morgan fingerprint density at radius 1 is 1.29 bits per heavy atom. The molecule has 17 heavy (non-hydrogen) atoms. The monoisotopic (exact) mass is 278 g/mol. The molecule has 0 aliphatic rings. The van der Waals surface area contributed by atoms with Crippen LogP contribution in [0.15, 0.2) is 12.1 Å². The number of rotatable bonds is 5. The highest BCUT2D eigenvalue weighted by atomic mass is 35.5. The third-order valence-corrected chi connectivity index (χ3v) is 2.47. The quantitative estimate of drug-likeness (QED) is 0.614. The lowest BCUT2D eigenvalue weighted by atomic mass is 10.1. The lowest BCUT2D eigenvalue weighted by Gasteiger charge is -2.12. The predicted octanol–water partition coefficient (Wildman–Crippen LogP) is 2.69. The minimum absolute atomic E-state index is 0.0372. The number of benzene rings is 1. The largest absolute Gasteiger partial charge is 0.469 e. The summed E-state index contributed by atoms with van der Waals surface area (Å²) < 4.78 is 14.7. The average Bonchev–Trinajstić information content (AvgIpc) is 2.27. The van der Waals surface area contributed by atoms with Crippen LogP contribution in [0.2, 0.25) is 10.0 Å². The van der Waals surface area contributed by atoms with Gasteiger partial charge in [-0.2, -0.15) is 0 Å². The summed E-state index contributed by atoms with van der Waals surface area (Å²) in [5.41, 5.74) is 0.561. The number of methoxy groups -OCH3 is 2. The van der Waals surface area contributed by atoms with Crippen molar-refractivity contribution < 1.29 is 19.0 Å². The average molecular weight is 279 g/mol. The van der Waals surface area contributed by atoms with Gasteiger partial charge in [0.15, 0.2) is 6.79 Å². The van der Waals surface area contributed by atoms with Gasteiger partial charge in [-0.1, -0.05) is 23.2 Å². The van der Waals surface area contributed by atoms with E-state index >= 15 is 0 Å². The van der Waals surface area contributed by atoms with Crippen LogP contribution < -0.4 is 4.74 Å². The van der Waals surface area contributed by atoms with Gasteiger partial charge in [-0.25, -0.2) is 0 Å². The van der Waals surface area contributed by atoms with E-state index in [1.807, 2.05) is 0 Å². The molecule has 0 aliphatic carbocycles. The van der Waals surface area contributed by atoms with Gasteiger partial charge >= 0.3 is 5.97 Å². The molecule has 0 saturated heterocycles. The van der Waals surface area contributed by atoms with E-state index in [0.29, 0.717) is 21.4 Å². The molecular formula is C11H12Cl2O4. The van der Waals surface area contributed by atoms with Crippen molar-refractivity contribution in [3.8, 4) is 5.75 Å². The van der Waals surface area contributed by atoms with Crippen molar-refractivity contribution in [3.05, 3.63) is 27.7 Å². The fourth-order valence-corrected chi connectivity index (χ4v) is 1.84. The van der Waals surface area contributed by atoms with E-state index in [2.05, 4.69) is 4.74 Å². The molecule has 0 saturated carbocycles. The van der Waals surface area contributed by atoms with Crippen LogP contribution in [0.1, 0.15) is 5.56 Å². The third-order valence-electron chi connectivity index (χ3n) is 1.97. The van der Waals surface area contributed by atoms with E-state index in [1.165, 1.54) is 20.3 Å². The van der Waals surface area contributed by atoms with Gasteiger partial charge in [0.05, 0.1) is 18.6 Å². The topological polar surface area (TPSA) is 44.8 Å². The molecule has 6 heteroatoms. The molecule has 0 bridgehead atoms. The molecule has 1 aromatic carbocycles. The Morgan fingerprint density at radius 2 is 2.00 bits per heavy atom. The van der Waals surface area contributed by atoms with E-state index < -0.39 is 5.97 Å². The van der Waals surface area contributed by atoms with Crippen LogP contribution in [0.5, 0.6) is 5.75 Å². The van der Waals surface area contributed by atoms with Gasteiger partial charge in [0.1, 0.15) is 5.75 Å². The second-order valence-corrected chi connectivity index (χ2v) is 4.02. The number of esters is 1. The van der Waals surface area contributed by atoms with E-state index in [9.17, 15) is 4.79 Å². The Hall–Kier alpha value is -0.970. The highest BCUT2D eigenvalue weighted by Gasteiger charge is 2.14. The molecule has 94 valence electrons. The molecule has 0 heterocycles. The van der Waals surface area contributed by atoms with Crippen molar-refractivity contribution in [2.75, 3.05) is 21.0 Å². The van der Waals surface area contributed by atoms with Gasteiger partial charge in [-0.05, 0) is 12.1 Å². The van der Waals surface area contributed by atoms with Crippen LogP contribution in [-0.2, 0) is 20.7 Å². The maximum Gasteiger partial charge on any atom is 0.310 e. The molecule has 0 atom stereocenters. The zero-order valence-corrected chi connectivity index (χ0v) is 11.0. The Morgan fingerprint density at radius 3 is 2.59 bits per heavy atom. The van der Waals surface area contributed by atoms with Gasteiger partial charge in [-0.15, -0.1) is 0 Å². The molecule has 0 spiro atoms. The zero-order chi connectivity index (χ0) is 12.8. The molecule has 0 fully saturated rings. The van der Waals surface area contributed by atoms with Crippen molar-refractivity contribution in [1.29, 1.82) is 0 Å². The van der Waals surface area contributed by atoms with Crippen LogP contribution >= 0.6 is 23.2 Å². The lowest BCUT2D eigenvalue weighted by molar-refractivity contribution is -0.139. The molecular weight excluding hydrogens is 267 g/mol. The first-order chi connectivity index (χ1) is 8.08. The number of hydrogen-bond donors (Lipinski definition) is 0. The molecule has 0 radical (unpaired) electrons. The summed E-state index contributed by atoms with van der Waals surface area (Å²) in [6.45, 7) is 0.0372. The number of hydrogen-bond acceptors (Lipinski definition) is 4. The molecule has 0 amide bonds. The molecule has 1 rings (SSSR count). The van der Waals surface area contributed by atoms with Gasteiger partial charge in [0.2, 0.25) is 0 Å². The summed E-state index contributed by atoms with van der Waals surface area (Å²) >= 11 is 11.8. The van der Waals surface area contributed by atoms with Gasteiger partial charge in [0.25, 0.3) is 0 Å². The molecule has 0 N–H and O–H groups in total. The van der Waals surface area contributed by atoms with Crippen molar-refractivity contribution >= 4 is 29.2 Å². The van der Waals surface area contributed by atoms with Crippen molar-refractivity contribution in [1.82, 2.24) is 0 Å². The first kappa shape index (κ1) is 14.1. The van der Waals surface area contributed by atoms with Crippen LogP contribution in [0.4, 0.5) is 0 Å². The summed E-state index contributed by atoms with van der Waals surface area (Å²) in [6, 6.07) is 3.14. The maximum absolute atomic E-state index is 11.2. The molecule has 4 nitrogen and oxygen atoms in total. The van der Waals surface area contributed by atoms with Crippen LogP contribution in [-0.4, -0.2) is 27.0 Å². The normalized spacial score (nSPS) is 10.1. The van der Waals surface area contributed by atoms with Crippen molar-refractivity contribution in [2.45, 2.75) is 6.42 Å². The van der Waals surface area contributed by atoms with Gasteiger partial charge in [-0.3, -0.25) is 4.79 Å². The summed E-state index contributed by atoms with van der Waals surface area (Å²) in [4.78, 5) is 11.2. The van der Waals surface area contributed by atoms with Gasteiger partial charge < -0.3 is 14.2 Å². The fraction of sp³-hybridized carbons (Fsp3) is 0.364. The smallest absolute Gasteiger partial charge is 0.310 e. The maximum atomic E-state index is 11.2. The lowest BCUT2D eigenvalue weighted by Crippen LogP contribution is -2.08. The molecule has 0 unspecified atom stereocenters. The zero-order valence-electron chi connectivity index (χ0n) is 9.46. The Labute approximate surface area is 109 Å². The SMILES string of the molecule is COCOc1c(Cl)cc(Cl)cc1CC(=O)OC. The second kappa shape index (κ2) is 6.69. The number of carbonyl (C=O) groups excluding carboxylic acids is 1. The molecule has 0 aromatic heterocycles. The first-order valence-electron chi connectivity index (χ1n) is 4.75. The Kier molecular flexibility index (Phi) is 5.55. The summed E-state index contributed by atoms with van der Waals surface area (Å²) in [6.07, 6.45) is 0.0375. The van der Waals surface area contributed by atoms with Crippen molar-refractivity contribution in [3.63, 3.8) is 0 Å². The summed E-state index contributed by atoms with van der Waals surface area (Å²) in [5.74, 6) is -0.0195. The van der Waals surface area contributed by atoms with Crippen molar-refractivity contribution in [2.24, 2.45) is 0 Å². The van der Waals surface area contributed by atoms with E-state index in [-0.39, 0.29) is 13.2 Å². The van der Waals surface area contributed by atoms with Gasteiger partial charge in [0, 0.05) is 17.7 Å². The number of carbonyl (C=O) groups is 1. The van der Waals surface area contributed by atoms with Crippen LogP contribution in [0, 0.1) is 0 Å². The van der Waals surface area contributed by atoms with E-state index in [1.54, 1.807) is 6.07 Å². The van der Waals surface area contributed by atoms with E-state index in [0.717, 1.165) is 0 Å². The number of halogens is 2. The first-order valence-corrected chi connectivity index (χ1v) is 5.50. The van der Waals surface area contributed by atoms with E-state index in [4.69, 9.17) is 32.7 Å². The van der Waals surface area contributed by atoms with Crippen LogP contribution in [0.3, 0.4) is 0 Å². The Balaban J connectivity index is 3.01. The highest BCUT2D eigenvalue weighted by molar-refractivity contribution is 6.35. The highest BCUT2D eigenvalue weighted by Crippen LogP contribution is 2.32. The minimum Gasteiger partial charge on any atom is -0.469 e. The third kappa shape index (κ3) is 4.07. The predicted molar refractivity (Wildman–Crippen MR) is 64.7 cm³/mol. The van der Waals surface area contributed by atoms with Crippen LogP contribution in [0.25, 0.3) is 0 Å². The summed E-state index contributed by atoms with van der Waals surface area (Å²) in [5, 5.41) is 0.757. The fourth-order valence-electron chi connectivity index (χ4n) is 1.25. The Bertz CT molecular complexity index is 407. The minimum atomic E-state index is -0.398. The molecule has 0 aliphatic heterocycles. The summed E-state index contributed by atoms with van der Waals surface area (Å²) in [7, 11) is 2.80. The standard InChI is InChI=1S/C11H12Cl2O4/c1-15-6-17-11-7(4-10(14)16-2)3-8(12)5-9(11)13/h3,5H,4,6H2,1-2H3. The molecule has 1 aromatic rings. The second-order valence-electron chi connectivity index (χ2n) is 3.18.